The fraction of sp³-hybridized carbons (Fsp3) is 0.333. The van der Waals surface area contributed by atoms with E-state index in [1.165, 1.54) is 11.1 Å². The molecule has 2 aliphatic heterocycles. The number of carbonyl (C=O) groups is 2. The number of morpholine rings is 1. The number of anilines is 2. The Morgan fingerprint density at radius 3 is 2.55 bits per heavy atom. The SMILES string of the molecule is COc1cccc(C(=O)Nc2ccc(N3CCc4ccccc4C3)c(C(=O)NCCN3CCOCC3)c2)c1. The molecule has 0 aliphatic carbocycles. The lowest BCUT2D eigenvalue weighted by Crippen LogP contribution is -2.41. The largest absolute Gasteiger partial charge is 0.497 e. The van der Waals surface area contributed by atoms with Gasteiger partial charge in [-0.1, -0.05) is 30.3 Å². The van der Waals surface area contributed by atoms with E-state index in [-0.39, 0.29) is 11.8 Å². The van der Waals surface area contributed by atoms with Crippen LogP contribution in [0.5, 0.6) is 5.75 Å². The van der Waals surface area contributed by atoms with Crippen molar-refractivity contribution < 1.29 is 19.1 Å². The first-order chi connectivity index (χ1) is 18.6. The summed E-state index contributed by atoms with van der Waals surface area (Å²) in [7, 11) is 1.57. The molecule has 0 saturated carbocycles. The van der Waals surface area contributed by atoms with Crippen LogP contribution in [0.1, 0.15) is 31.8 Å². The summed E-state index contributed by atoms with van der Waals surface area (Å²) in [5.74, 6) is 0.200. The molecule has 2 aliphatic rings. The third kappa shape index (κ3) is 6.15. The number of methoxy groups -OCH3 is 1. The van der Waals surface area contributed by atoms with Crippen molar-refractivity contribution in [3.63, 3.8) is 0 Å². The van der Waals surface area contributed by atoms with Crippen molar-refractivity contribution in [3.8, 4) is 5.75 Å². The van der Waals surface area contributed by atoms with Crippen LogP contribution in [-0.2, 0) is 17.7 Å². The van der Waals surface area contributed by atoms with Gasteiger partial charge in [0.25, 0.3) is 11.8 Å². The molecule has 38 heavy (non-hydrogen) atoms. The lowest BCUT2D eigenvalue weighted by atomic mass is 9.98. The minimum atomic E-state index is -0.262. The second-order valence-corrected chi connectivity index (χ2v) is 9.57. The molecule has 2 heterocycles. The zero-order valence-corrected chi connectivity index (χ0v) is 21.7. The number of rotatable bonds is 8. The van der Waals surface area contributed by atoms with E-state index in [1.54, 1.807) is 37.4 Å². The molecule has 3 aromatic rings. The lowest BCUT2D eigenvalue weighted by molar-refractivity contribution is 0.0383. The number of benzene rings is 3. The Morgan fingerprint density at radius 1 is 0.921 bits per heavy atom. The molecule has 3 aromatic carbocycles. The van der Waals surface area contributed by atoms with Crippen LogP contribution in [0.25, 0.3) is 0 Å². The van der Waals surface area contributed by atoms with Crippen molar-refractivity contribution in [2.24, 2.45) is 0 Å². The monoisotopic (exact) mass is 514 g/mol. The van der Waals surface area contributed by atoms with Gasteiger partial charge in [-0.05, 0) is 53.9 Å². The molecule has 1 fully saturated rings. The van der Waals surface area contributed by atoms with Gasteiger partial charge in [-0.2, -0.15) is 0 Å². The first kappa shape index (κ1) is 25.8. The van der Waals surface area contributed by atoms with Crippen LogP contribution >= 0.6 is 0 Å². The van der Waals surface area contributed by atoms with Crippen LogP contribution in [-0.4, -0.2) is 69.8 Å². The van der Waals surface area contributed by atoms with Gasteiger partial charge in [0, 0.05) is 56.2 Å². The van der Waals surface area contributed by atoms with Gasteiger partial charge in [-0.25, -0.2) is 0 Å². The fourth-order valence-corrected chi connectivity index (χ4v) is 4.99. The summed E-state index contributed by atoms with van der Waals surface area (Å²) in [4.78, 5) is 30.9. The molecule has 0 bridgehead atoms. The van der Waals surface area contributed by atoms with E-state index in [0.717, 1.165) is 58.0 Å². The van der Waals surface area contributed by atoms with Gasteiger partial charge in [-0.15, -0.1) is 0 Å². The van der Waals surface area contributed by atoms with E-state index < -0.39 is 0 Å². The maximum atomic E-state index is 13.5. The van der Waals surface area contributed by atoms with Crippen molar-refractivity contribution >= 4 is 23.2 Å². The average molecular weight is 515 g/mol. The van der Waals surface area contributed by atoms with Crippen LogP contribution in [0.4, 0.5) is 11.4 Å². The van der Waals surface area contributed by atoms with Gasteiger partial charge in [-0.3, -0.25) is 14.5 Å². The number of amides is 2. The highest BCUT2D eigenvalue weighted by molar-refractivity contribution is 6.06. The summed E-state index contributed by atoms with van der Waals surface area (Å²) in [6.07, 6.45) is 0.919. The molecule has 0 spiro atoms. The number of nitrogens with one attached hydrogen (secondary N) is 2. The van der Waals surface area contributed by atoms with Crippen molar-refractivity contribution in [2.45, 2.75) is 13.0 Å². The van der Waals surface area contributed by atoms with E-state index >= 15 is 0 Å². The first-order valence-corrected chi connectivity index (χ1v) is 13.1. The van der Waals surface area contributed by atoms with Crippen LogP contribution in [0, 0.1) is 0 Å². The van der Waals surface area contributed by atoms with E-state index in [0.29, 0.717) is 29.1 Å². The molecule has 5 rings (SSSR count). The predicted molar refractivity (Wildman–Crippen MR) is 148 cm³/mol. The van der Waals surface area contributed by atoms with Crippen molar-refractivity contribution in [3.05, 3.63) is 89.0 Å². The normalized spacial score (nSPS) is 15.4. The molecule has 198 valence electrons. The minimum Gasteiger partial charge on any atom is -0.497 e. The van der Waals surface area contributed by atoms with Gasteiger partial charge in [0.15, 0.2) is 0 Å². The maximum absolute atomic E-state index is 13.5. The molecular formula is C30H34N4O4. The molecule has 8 nitrogen and oxygen atoms in total. The molecule has 2 amide bonds. The summed E-state index contributed by atoms with van der Waals surface area (Å²) >= 11 is 0. The fourth-order valence-electron chi connectivity index (χ4n) is 4.99. The van der Waals surface area contributed by atoms with Gasteiger partial charge in [0.2, 0.25) is 0 Å². The highest BCUT2D eigenvalue weighted by Gasteiger charge is 2.22. The Kier molecular flexibility index (Phi) is 8.21. The van der Waals surface area contributed by atoms with Crippen molar-refractivity contribution in [1.82, 2.24) is 10.2 Å². The van der Waals surface area contributed by atoms with E-state index in [1.807, 2.05) is 12.1 Å². The van der Waals surface area contributed by atoms with E-state index in [2.05, 4.69) is 44.7 Å². The zero-order valence-electron chi connectivity index (χ0n) is 21.7. The third-order valence-corrected chi connectivity index (χ3v) is 7.12. The average Bonchev–Trinajstić information content (AvgIpc) is 2.97. The number of hydrogen-bond donors (Lipinski definition) is 2. The molecule has 0 atom stereocenters. The highest BCUT2D eigenvalue weighted by Crippen LogP contribution is 2.30. The summed E-state index contributed by atoms with van der Waals surface area (Å²) in [6, 6.07) is 21.0. The van der Waals surface area contributed by atoms with Crippen molar-refractivity contribution in [1.29, 1.82) is 0 Å². The topological polar surface area (TPSA) is 83.1 Å². The Hall–Kier alpha value is -3.88. The zero-order chi connectivity index (χ0) is 26.3. The lowest BCUT2D eigenvalue weighted by Gasteiger charge is -2.32. The summed E-state index contributed by atoms with van der Waals surface area (Å²) in [5.41, 5.74) is 5.09. The summed E-state index contributed by atoms with van der Waals surface area (Å²) < 4.78 is 10.7. The summed E-state index contributed by atoms with van der Waals surface area (Å²) in [6.45, 7) is 6.07. The Labute approximate surface area is 223 Å². The third-order valence-electron chi connectivity index (χ3n) is 7.12. The number of nitrogens with zero attached hydrogens (tertiary/aromatic N) is 2. The second-order valence-electron chi connectivity index (χ2n) is 9.57. The number of ether oxygens (including phenoxy) is 2. The number of hydrogen-bond acceptors (Lipinski definition) is 6. The molecular weight excluding hydrogens is 480 g/mol. The highest BCUT2D eigenvalue weighted by atomic mass is 16.5. The van der Waals surface area contributed by atoms with Gasteiger partial charge >= 0.3 is 0 Å². The molecule has 0 unspecified atom stereocenters. The van der Waals surface area contributed by atoms with Gasteiger partial charge in [0.05, 0.1) is 25.9 Å². The molecule has 0 aromatic heterocycles. The van der Waals surface area contributed by atoms with Crippen LogP contribution in [0.2, 0.25) is 0 Å². The van der Waals surface area contributed by atoms with Crippen LogP contribution < -0.4 is 20.3 Å². The first-order valence-electron chi connectivity index (χ1n) is 13.1. The van der Waals surface area contributed by atoms with Gasteiger partial charge < -0.3 is 25.0 Å². The summed E-state index contributed by atoms with van der Waals surface area (Å²) in [5, 5.41) is 6.04. The van der Waals surface area contributed by atoms with Gasteiger partial charge in [0.1, 0.15) is 5.75 Å². The Bertz CT molecular complexity index is 1290. The Balaban J connectivity index is 1.36. The van der Waals surface area contributed by atoms with Crippen LogP contribution in [0.15, 0.2) is 66.7 Å². The second kappa shape index (κ2) is 12.1. The smallest absolute Gasteiger partial charge is 0.255 e. The minimum absolute atomic E-state index is 0.149. The predicted octanol–water partition coefficient (Wildman–Crippen LogP) is 3.57. The molecule has 2 N–H and O–H groups in total. The Morgan fingerprint density at radius 2 is 1.74 bits per heavy atom. The quantitative estimate of drug-likeness (QED) is 0.478. The molecule has 1 saturated heterocycles. The van der Waals surface area contributed by atoms with E-state index in [4.69, 9.17) is 9.47 Å². The van der Waals surface area contributed by atoms with Crippen molar-refractivity contribution in [2.75, 3.05) is 63.3 Å². The standard InChI is InChI=1S/C30H34N4O4/c1-37-26-8-4-7-23(19-26)29(35)32-25-9-10-28(34-13-11-22-5-2-3-6-24(22)21-34)27(20-25)30(36)31-12-14-33-15-17-38-18-16-33/h2-10,19-20H,11-18,21H2,1H3,(H,31,36)(H,32,35). The number of fused-ring (bicyclic) bond motifs is 1. The van der Waals surface area contributed by atoms with E-state index in [9.17, 15) is 9.59 Å². The number of carbonyl (C=O) groups excluding carboxylic acids is 2. The van der Waals surface area contributed by atoms with Crippen LogP contribution in [0.3, 0.4) is 0 Å². The molecule has 0 radical (unpaired) electrons. The molecule has 8 heteroatoms. The maximum Gasteiger partial charge on any atom is 0.255 e.